The number of likely N-dealkylation sites (tertiary alicyclic amines) is 2. The highest BCUT2D eigenvalue weighted by atomic mass is 19.4. The molecule has 20 heteroatoms. The Balaban J connectivity index is 0.774. The van der Waals surface area contributed by atoms with Crippen LogP contribution < -0.4 is 21.3 Å². The van der Waals surface area contributed by atoms with E-state index in [1.807, 2.05) is 11.0 Å². The van der Waals surface area contributed by atoms with Crippen LogP contribution in [0.4, 0.5) is 19.0 Å². The lowest BCUT2D eigenvalue weighted by Crippen LogP contribution is -2.59. The molecule has 4 N–H and O–H groups in total. The maximum atomic E-state index is 14.1. The number of hydrogen-bond donors (Lipinski definition) is 4. The summed E-state index contributed by atoms with van der Waals surface area (Å²) in [5.74, 6) is -1.02. The number of rotatable bonds is 22. The number of carbonyl (C=O) groups is 5. The molecule has 3 aromatic rings. The van der Waals surface area contributed by atoms with Crippen LogP contribution >= 0.6 is 0 Å². The van der Waals surface area contributed by atoms with E-state index in [1.165, 1.54) is 12.4 Å². The molecule has 2 aliphatic carbocycles. The first-order valence-electron chi connectivity index (χ1n) is 25.4. The molecule has 0 spiro atoms. The predicted molar refractivity (Wildman–Crippen MR) is 259 cm³/mol. The summed E-state index contributed by atoms with van der Waals surface area (Å²) >= 11 is 0. The highest BCUT2D eigenvalue weighted by Crippen LogP contribution is 2.38. The molecule has 2 saturated heterocycles. The monoisotopic (exact) mass is 993 g/mol. The molecule has 5 amide bonds. The highest BCUT2D eigenvalue weighted by molar-refractivity contribution is 5.93. The number of nitrogens with zero attached hydrogens (tertiary/aromatic N) is 6. The Labute approximate surface area is 414 Å². The molecule has 2 saturated carbocycles. The second-order valence-corrected chi connectivity index (χ2v) is 19.9. The van der Waals surface area contributed by atoms with Crippen LogP contribution in [0.25, 0.3) is 10.9 Å². The maximum Gasteiger partial charge on any atom is 0.416 e. The lowest BCUT2D eigenvalue weighted by Gasteiger charge is -2.45. The SMILES string of the molecule is CC(C)N(C)[C@@H]1CC[C@H](N2CC[C@H](Nc3ncnc4ccc(C(F)(F)F)cc34)C2=O)[C@H](NC(=O)C2CCC(NC(=O)CCCOCCCCOCCNC(=O)[C@H]3CC(=O)N(C)[C@@H]3c3cccnc3)CC2)C1. The molecule has 1 aromatic carbocycles. The van der Waals surface area contributed by atoms with Crippen LogP contribution in [0, 0.1) is 11.8 Å². The van der Waals surface area contributed by atoms with E-state index in [0.717, 1.165) is 37.0 Å². The molecule has 2 aromatic heterocycles. The minimum atomic E-state index is -4.55. The quantitative estimate of drug-likeness (QED) is 0.0936. The average Bonchev–Trinajstić information content (AvgIpc) is 3.87. The summed E-state index contributed by atoms with van der Waals surface area (Å²) < 4.78 is 52.2. The van der Waals surface area contributed by atoms with Gasteiger partial charge in [0.05, 0.1) is 41.7 Å². The predicted octanol–water partition coefficient (Wildman–Crippen LogP) is 5.41. The van der Waals surface area contributed by atoms with E-state index in [0.29, 0.717) is 109 Å². The van der Waals surface area contributed by atoms with Crippen molar-refractivity contribution in [3.8, 4) is 0 Å². The van der Waals surface area contributed by atoms with E-state index in [1.54, 1.807) is 30.4 Å². The van der Waals surface area contributed by atoms with Gasteiger partial charge in [0.25, 0.3) is 0 Å². The normalized spacial score (nSPS) is 25.0. The number of nitrogens with one attached hydrogen (secondary N) is 4. The second kappa shape index (κ2) is 24.8. The molecule has 0 radical (unpaired) electrons. The Kier molecular flexibility index (Phi) is 18.6. The summed E-state index contributed by atoms with van der Waals surface area (Å²) in [4.78, 5) is 84.4. The van der Waals surface area contributed by atoms with E-state index < -0.39 is 23.7 Å². The number of hydrogen-bond acceptors (Lipinski definition) is 12. The number of ether oxygens (including phenoxy) is 2. The molecule has 6 atom stereocenters. The first kappa shape index (κ1) is 53.3. The van der Waals surface area contributed by atoms with E-state index in [4.69, 9.17) is 9.47 Å². The van der Waals surface area contributed by atoms with Gasteiger partial charge in [-0.3, -0.25) is 29.0 Å². The molecule has 0 bridgehead atoms. The Morgan fingerprint density at radius 1 is 0.901 bits per heavy atom. The second-order valence-electron chi connectivity index (χ2n) is 19.9. The molecule has 0 unspecified atom stereocenters. The Morgan fingerprint density at radius 3 is 2.37 bits per heavy atom. The van der Waals surface area contributed by atoms with Gasteiger partial charge in [-0.05, 0) is 121 Å². The van der Waals surface area contributed by atoms with Crippen molar-refractivity contribution in [3.05, 3.63) is 60.2 Å². The molecule has 71 heavy (non-hydrogen) atoms. The molecule has 388 valence electrons. The van der Waals surface area contributed by atoms with Crippen molar-refractivity contribution in [2.24, 2.45) is 11.8 Å². The fourth-order valence-electron chi connectivity index (χ4n) is 10.7. The summed E-state index contributed by atoms with van der Waals surface area (Å²) in [6, 6.07) is 5.89. The van der Waals surface area contributed by atoms with Gasteiger partial charge in [0.15, 0.2) is 0 Å². The number of anilines is 1. The number of benzene rings is 1. The summed E-state index contributed by atoms with van der Waals surface area (Å²) in [6.45, 7) is 6.96. The Morgan fingerprint density at radius 2 is 1.65 bits per heavy atom. The van der Waals surface area contributed by atoms with Crippen LogP contribution in [0.3, 0.4) is 0 Å². The lowest BCUT2D eigenvalue weighted by atomic mass is 9.82. The molecule has 7 rings (SSSR count). The summed E-state index contributed by atoms with van der Waals surface area (Å²) in [5, 5.41) is 12.7. The molecule has 4 heterocycles. The van der Waals surface area contributed by atoms with Gasteiger partial charge in [-0.25, -0.2) is 9.97 Å². The number of unbranched alkanes of at least 4 members (excludes halogenated alkanes) is 1. The third-order valence-electron chi connectivity index (χ3n) is 14.9. The first-order chi connectivity index (χ1) is 34.1. The van der Waals surface area contributed by atoms with E-state index >= 15 is 0 Å². The van der Waals surface area contributed by atoms with E-state index in [9.17, 15) is 37.1 Å². The Bertz CT molecular complexity index is 2280. The third-order valence-corrected chi connectivity index (χ3v) is 14.9. The molecule has 2 aliphatic heterocycles. The van der Waals surface area contributed by atoms with Gasteiger partial charge in [-0.2, -0.15) is 13.2 Å². The standard InChI is InChI=1S/C51H71F3N10O7/c1-32(2)62(3)37-16-18-43(64-22-19-41(50(64)69)60-47-38-27-35(51(52,53)54)13-17-40(38)57-31-58-47)42(28-37)61-48(67)33-11-14-36(15-12-33)59-44(65)10-8-25-70-23-5-6-24-71-26-21-56-49(68)39-29-45(66)63(4)46(39)34-9-7-20-55-30-34/h7,9,13,17,20,27,30-33,36-37,39,41-43,46H,5-6,8,10-12,14-16,18-19,21-26,28-29H2,1-4H3,(H,56,68)(H,59,65)(H,61,67)(H,57,58,60)/t33?,36?,37-,39+,41+,42-,43+,46-/m1/s1. The summed E-state index contributed by atoms with van der Waals surface area (Å²) in [5.41, 5.74) is 0.346. The number of fused-ring (bicyclic) bond motifs is 1. The number of halogens is 3. The van der Waals surface area contributed by atoms with Crippen molar-refractivity contribution in [1.29, 1.82) is 0 Å². The molecular formula is C51H71F3N10O7. The third kappa shape index (κ3) is 13.9. The molecule has 4 aliphatic rings. The van der Waals surface area contributed by atoms with Crippen LogP contribution in [0.1, 0.15) is 114 Å². The summed E-state index contributed by atoms with van der Waals surface area (Å²) in [6.07, 6.45) is 8.06. The zero-order valence-corrected chi connectivity index (χ0v) is 41.4. The minimum absolute atomic E-state index is 0.0108. The van der Waals surface area contributed by atoms with Crippen LogP contribution in [-0.4, -0.2) is 149 Å². The lowest BCUT2D eigenvalue weighted by molar-refractivity contribution is -0.137. The van der Waals surface area contributed by atoms with Crippen LogP contribution in [0.15, 0.2) is 49.1 Å². The largest absolute Gasteiger partial charge is 0.416 e. The smallest absolute Gasteiger partial charge is 0.381 e. The number of aromatic nitrogens is 3. The van der Waals surface area contributed by atoms with Crippen molar-refractivity contribution in [2.45, 2.75) is 146 Å². The topological polar surface area (TPSA) is 200 Å². The van der Waals surface area contributed by atoms with Gasteiger partial charge in [0.2, 0.25) is 29.5 Å². The Hall–Kier alpha value is -5.47. The molecule has 17 nitrogen and oxygen atoms in total. The van der Waals surface area contributed by atoms with E-state index in [2.05, 4.69) is 62.0 Å². The zero-order chi connectivity index (χ0) is 50.7. The van der Waals surface area contributed by atoms with Crippen molar-refractivity contribution in [1.82, 2.24) is 45.6 Å². The zero-order valence-electron chi connectivity index (χ0n) is 41.4. The van der Waals surface area contributed by atoms with Crippen molar-refractivity contribution in [3.63, 3.8) is 0 Å². The maximum absolute atomic E-state index is 14.1. The van der Waals surface area contributed by atoms with Crippen molar-refractivity contribution in [2.75, 3.05) is 58.9 Å². The van der Waals surface area contributed by atoms with Gasteiger partial charge in [-0.15, -0.1) is 0 Å². The van der Waals surface area contributed by atoms with Gasteiger partial charge < -0.3 is 45.4 Å². The summed E-state index contributed by atoms with van der Waals surface area (Å²) in [7, 11) is 3.80. The van der Waals surface area contributed by atoms with Crippen molar-refractivity contribution >= 4 is 46.3 Å². The van der Waals surface area contributed by atoms with Crippen LogP contribution in [0.5, 0.6) is 0 Å². The van der Waals surface area contributed by atoms with Gasteiger partial charge in [-0.1, -0.05) is 6.07 Å². The number of pyridine rings is 1. The van der Waals surface area contributed by atoms with Gasteiger partial charge in [0.1, 0.15) is 18.2 Å². The fraction of sp³-hybridized carbons (Fsp3) is 0.647. The van der Waals surface area contributed by atoms with E-state index in [-0.39, 0.29) is 83.3 Å². The van der Waals surface area contributed by atoms with Crippen LogP contribution in [-0.2, 0) is 39.6 Å². The van der Waals surface area contributed by atoms with Crippen LogP contribution in [0.2, 0.25) is 0 Å². The fourth-order valence-corrected chi connectivity index (χ4v) is 10.7. The molecule has 4 fully saturated rings. The van der Waals surface area contributed by atoms with Gasteiger partial charge >= 0.3 is 6.18 Å². The number of amides is 5. The number of alkyl halides is 3. The first-order valence-corrected chi connectivity index (χ1v) is 25.4. The van der Waals surface area contributed by atoms with Gasteiger partial charge in [0, 0.05) is 94.6 Å². The molecular weight excluding hydrogens is 922 g/mol. The average molecular weight is 993 g/mol. The van der Waals surface area contributed by atoms with Crippen molar-refractivity contribution < 1.29 is 46.6 Å². The minimum Gasteiger partial charge on any atom is -0.381 e. The highest BCUT2D eigenvalue weighted by Gasteiger charge is 2.45. The number of carbonyl (C=O) groups excluding carboxylic acids is 5.